The molecule has 1 aromatic heterocycles. The fraction of sp³-hybridized carbons (Fsp3) is 0.625. The van der Waals surface area contributed by atoms with E-state index in [4.69, 9.17) is 0 Å². The highest BCUT2D eigenvalue weighted by molar-refractivity contribution is 8.46. The van der Waals surface area contributed by atoms with E-state index in [0.717, 1.165) is 17.1 Å². The van der Waals surface area contributed by atoms with Crippen molar-refractivity contribution < 1.29 is 41.6 Å². The molecule has 0 amide bonds. The highest BCUT2D eigenvalue weighted by Crippen LogP contribution is 3.05. The molecule has 2 nitrogen and oxygen atoms in total. The second-order valence-corrected chi connectivity index (χ2v) is 6.71. The van der Waals surface area contributed by atoms with E-state index in [2.05, 4.69) is 0 Å². The van der Waals surface area contributed by atoms with Crippen LogP contribution in [0.4, 0.5) is 37.0 Å². The van der Waals surface area contributed by atoms with Gasteiger partial charge in [0.2, 0.25) is 6.33 Å². The molecule has 20 heavy (non-hydrogen) atoms. The number of alkyl halides is 4. The standard InChI is InChI=1S/C8H10F9N2S/c1-18-4-5-19(6-18)3-2-7(9,10)8(11,12)20(13,14,15,16)17/h4-6H,2-3H2,1H3/q+1. The van der Waals surface area contributed by atoms with Crippen molar-refractivity contribution in [1.29, 1.82) is 0 Å². The van der Waals surface area contributed by atoms with Crippen molar-refractivity contribution in [2.24, 2.45) is 7.05 Å². The van der Waals surface area contributed by atoms with Gasteiger partial charge in [-0.3, -0.25) is 0 Å². The van der Waals surface area contributed by atoms with Crippen LogP contribution in [0.3, 0.4) is 0 Å². The first-order chi connectivity index (χ1) is 8.47. The molecule has 1 rings (SSSR count). The fourth-order valence-electron chi connectivity index (χ4n) is 1.33. The number of halogens is 9. The average Bonchev–Trinajstić information content (AvgIpc) is 2.57. The topological polar surface area (TPSA) is 8.81 Å². The predicted molar refractivity (Wildman–Crippen MR) is 53.3 cm³/mol. The van der Waals surface area contributed by atoms with E-state index < -0.39 is 34.4 Å². The minimum absolute atomic E-state index is 0.870. The van der Waals surface area contributed by atoms with Gasteiger partial charge in [-0.1, -0.05) is 19.4 Å². The maximum Gasteiger partial charge on any atom is 0.443 e. The molecule has 0 aromatic carbocycles. The molecule has 0 fully saturated rings. The summed E-state index contributed by atoms with van der Waals surface area (Å²) in [5.74, 6) is -5.92. The highest BCUT2D eigenvalue weighted by atomic mass is 32.5. The van der Waals surface area contributed by atoms with E-state index in [0.29, 0.717) is 0 Å². The monoisotopic (exact) mass is 337 g/mol. The van der Waals surface area contributed by atoms with E-state index in [-0.39, 0.29) is 0 Å². The smallest absolute Gasteiger partial charge is 0.240 e. The Morgan fingerprint density at radius 2 is 1.55 bits per heavy atom. The Hall–Kier alpha value is -1.07. The lowest BCUT2D eigenvalue weighted by molar-refractivity contribution is -0.671. The largest absolute Gasteiger partial charge is 0.443 e. The summed E-state index contributed by atoms with van der Waals surface area (Å²) >= 11 is 0. The maximum absolute atomic E-state index is 12.9. The zero-order valence-electron chi connectivity index (χ0n) is 9.85. The summed E-state index contributed by atoms with van der Waals surface area (Å²) in [5, 5.41) is -7.37. The van der Waals surface area contributed by atoms with Crippen LogP contribution in [0.1, 0.15) is 6.42 Å². The zero-order chi connectivity index (χ0) is 16.1. The van der Waals surface area contributed by atoms with E-state index in [1.165, 1.54) is 17.8 Å². The second-order valence-electron chi connectivity index (χ2n) is 4.26. The molecule has 0 aliphatic heterocycles. The van der Waals surface area contributed by atoms with Crippen LogP contribution in [-0.4, -0.2) is 15.7 Å². The summed E-state index contributed by atoms with van der Waals surface area (Å²) in [7, 11) is -10.2. The molecule has 12 heteroatoms. The predicted octanol–water partition coefficient (Wildman–Crippen LogP) is 4.23. The third-order valence-corrected chi connectivity index (χ3v) is 3.69. The van der Waals surface area contributed by atoms with Gasteiger partial charge in [0, 0.05) is 0 Å². The van der Waals surface area contributed by atoms with Gasteiger partial charge in [0.05, 0.1) is 20.0 Å². The molecule has 0 saturated carbocycles. The first-order valence-electron chi connectivity index (χ1n) is 4.96. The third kappa shape index (κ3) is 2.99. The van der Waals surface area contributed by atoms with Gasteiger partial charge in [-0.2, -0.15) is 17.6 Å². The van der Waals surface area contributed by atoms with Gasteiger partial charge in [-0.15, -0.1) is 0 Å². The Bertz CT molecular complexity index is 503. The number of nitrogens with zero attached hydrogens (tertiary/aromatic N) is 2. The zero-order valence-corrected chi connectivity index (χ0v) is 10.7. The Balaban J connectivity index is 2.99. The van der Waals surface area contributed by atoms with Gasteiger partial charge >= 0.3 is 21.4 Å². The summed E-state index contributed by atoms with van der Waals surface area (Å²) in [6.45, 7) is -0.975. The fourth-order valence-corrected chi connectivity index (χ4v) is 2.00. The van der Waals surface area contributed by atoms with Gasteiger partial charge in [-0.05, 0) is 0 Å². The minimum Gasteiger partial charge on any atom is -0.240 e. The second kappa shape index (κ2) is 3.77. The molecule has 120 valence electrons. The normalized spacial score (nSPS) is 17.7. The lowest BCUT2D eigenvalue weighted by Crippen LogP contribution is -2.49. The molecular formula is C8H10F9N2S+. The summed E-state index contributed by atoms with van der Waals surface area (Å²) in [6.07, 6.45) is 1.46. The molecule has 1 aromatic rings. The van der Waals surface area contributed by atoms with Crippen LogP contribution in [0, 0.1) is 0 Å². The molecule has 0 bridgehead atoms. The summed E-state index contributed by atoms with van der Waals surface area (Å²) in [6, 6.07) is 0. The molecule has 0 spiro atoms. The summed E-state index contributed by atoms with van der Waals surface area (Å²) in [5.41, 5.74) is 0. The van der Waals surface area contributed by atoms with Crippen LogP contribution >= 0.6 is 10.2 Å². The average molecular weight is 337 g/mol. The quantitative estimate of drug-likeness (QED) is 0.562. The van der Waals surface area contributed by atoms with Crippen LogP contribution in [-0.2, 0) is 13.6 Å². The molecule has 0 radical (unpaired) electrons. The maximum atomic E-state index is 12.9. The van der Waals surface area contributed by atoms with Crippen LogP contribution in [0.25, 0.3) is 0 Å². The number of rotatable bonds is 5. The highest BCUT2D eigenvalue weighted by Gasteiger charge is 2.90. The van der Waals surface area contributed by atoms with Gasteiger partial charge in [0.1, 0.15) is 12.4 Å². The van der Waals surface area contributed by atoms with E-state index >= 15 is 0 Å². The molecule has 0 aliphatic rings. The van der Waals surface area contributed by atoms with E-state index in [9.17, 15) is 37.0 Å². The van der Waals surface area contributed by atoms with Gasteiger partial charge in [0.25, 0.3) is 0 Å². The Kier molecular flexibility index (Phi) is 3.20. The first-order valence-corrected chi connectivity index (χ1v) is 6.92. The van der Waals surface area contributed by atoms with Crippen molar-refractivity contribution >= 4 is 10.2 Å². The molecule has 0 atom stereocenters. The number of hydrogen-bond donors (Lipinski definition) is 0. The van der Waals surface area contributed by atoms with Crippen LogP contribution < -0.4 is 4.57 Å². The molecule has 1 heterocycles. The lowest BCUT2D eigenvalue weighted by Gasteiger charge is -2.48. The van der Waals surface area contributed by atoms with Gasteiger partial charge < -0.3 is 0 Å². The number of aryl methyl sites for hydroxylation is 2. The van der Waals surface area contributed by atoms with Crippen LogP contribution in [0.2, 0.25) is 0 Å². The molecule has 0 unspecified atom stereocenters. The van der Waals surface area contributed by atoms with Crippen LogP contribution in [0.5, 0.6) is 0 Å². The van der Waals surface area contributed by atoms with Crippen molar-refractivity contribution in [1.82, 2.24) is 4.57 Å². The van der Waals surface area contributed by atoms with Crippen molar-refractivity contribution in [3.63, 3.8) is 0 Å². The van der Waals surface area contributed by atoms with Crippen LogP contribution in [0.15, 0.2) is 18.7 Å². The van der Waals surface area contributed by atoms with Crippen molar-refractivity contribution in [2.45, 2.75) is 24.1 Å². The Morgan fingerprint density at radius 1 is 1.05 bits per heavy atom. The third-order valence-electron chi connectivity index (χ3n) is 2.42. The Labute approximate surface area is 107 Å². The van der Waals surface area contributed by atoms with Gasteiger partial charge in [0.15, 0.2) is 0 Å². The molecule has 0 N–H and O–H groups in total. The molecule has 0 saturated heterocycles. The molecule has 0 aliphatic carbocycles. The van der Waals surface area contributed by atoms with Crippen molar-refractivity contribution in [3.8, 4) is 0 Å². The van der Waals surface area contributed by atoms with E-state index in [1.807, 2.05) is 0 Å². The lowest BCUT2D eigenvalue weighted by atomic mass is 10.2. The summed E-state index contributed by atoms with van der Waals surface area (Å²) in [4.78, 5) is 0. The minimum atomic E-state index is -11.7. The molecular weight excluding hydrogens is 327 g/mol. The first kappa shape index (κ1) is 17.0. The van der Waals surface area contributed by atoms with Crippen molar-refractivity contribution in [3.05, 3.63) is 18.7 Å². The van der Waals surface area contributed by atoms with Crippen molar-refractivity contribution in [2.75, 3.05) is 0 Å². The number of hydrogen-bond acceptors (Lipinski definition) is 0. The van der Waals surface area contributed by atoms with Gasteiger partial charge in [-0.25, -0.2) is 9.13 Å². The SMILES string of the molecule is C[n+]1ccn(CCC(F)(F)C(F)(F)S(F)(F)(F)(F)F)c1. The van der Waals surface area contributed by atoms with E-state index in [1.54, 1.807) is 0 Å². The Morgan fingerprint density at radius 3 is 1.90 bits per heavy atom. The summed E-state index contributed by atoms with van der Waals surface area (Å²) < 4.78 is 113. The number of aromatic nitrogens is 2. The number of imidazole rings is 1.